The van der Waals surface area contributed by atoms with Crippen molar-refractivity contribution in [2.24, 2.45) is 0 Å². The van der Waals surface area contributed by atoms with Gasteiger partial charge in [0, 0.05) is 44.0 Å². The summed E-state index contributed by atoms with van der Waals surface area (Å²) in [6.45, 7) is 3.53. The van der Waals surface area contributed by atoms with E-state index in [0.29, 0.717) is 24.3 Å². The smallest absolute Gasteiger partial charge is 0.253 e. The number of rotatable bonds is 5. The number of halogens is 1. The molecule has 0 aromatic heterocycles. The van der Waals surface area contributed by atoms with Gasteiger partial charge in [-0.15, -0.1) is 0 Å². The van der Waals surface area contributed by atoms with Gasteiger partial charge < -0.3 is 4.90 Å². The fraction of sp³-hybridized carbons (Fsp3) is 0.350. The number of sulfonamides is 1. The third-order valence-electron chi connectivity index (χ3n) is 4.61. The molecule has 0 radical (unpaired) electrons. The Kier molecular flexibility index (Phi) is 6.31. The van der Waals surface area contributed by atoms with Gasteiger partial charge in [-0.2, -0.15) is 0 Å². The molecule has 0 spiro atoms. The highest BCUT2D eigenvalue weighted by Gasteiger charge is 2.21. The first kappa shape index (κ1) is 20.3. The highest BCUT2D eigenvalue weighted by Crippen LogP contribution is 2.16. The van der Waals surface area contributed by atoms with Crippen LogP contribution in [-0.2, 0) is 16.6 Å². The summed E-state index contributed by atoms with van der Waals surface area (Å²) in [5.41, 5.74) is 1.88. The molecule has 28 heavy (non-hydrogen) atoms. The Morgan fingerprint density at radius 3 is 2.54 bits per heavy atom. The average molecular weight is 405 g/mol. The Hall–Kier alpha value is -2.45. The molecule has 3 rings (SSSR count). The largest absolute Gasteiger partial charge is 0.337 e. The number of benzene rings is 2. The van der Waals surface area contributed by atoms with E-state index in [0.717, 1.165) is 37.9 Å². The van der Waals surface area contributed by atoms with Gasteiger partial charge in [-0.05, 0) is 42.3 Å². The summed E-state index contributed by atoms with van der Waals surface area (Å²) in [4.78, 5) is 16.9. The van der Waals surface area contributed by atoms with Gasteiger partial charge in [-0.25, -0.2) is 12.8 Å². The maximum absolute atomic E-state index is 13.1. The van der Waals surface area contributed by atoms with Crippen molar-refractivity contribution in [1.29, 1.82) is 0 Å². The maximum Gasteiger partial charge on any atom is 0.253 e. The molecule has 0 bridgehead atoms. The highest BCUT2D eigenvalue weighted by molar-refractivity contribution is 7.92. The molecule has 2 aromatic carbocycles. The zero-order valence-electron chi connectivity index (χ0n) is 15.8. The molecule has 1 fully saturated rings. The minimum atomic E-state index is -3.40. The van der Waals surface area contributed by atoms with Crippen molar-refractivity contribution in [2.45, 2.75) is 13.0 Å². The van der Waals surface area contributed by atoms with E-state index in [-0.39, 0.29) is 11.7 Å². The van der Waals surface area contributed by atoms with Gasteiger partial charge in [-0.3, -0.25) is 14.4 Å². The molecular formula is C20H24FN3O3S. The number of anilines is 1. The van der Waals surface area contributed by atoms with Gasteiger partial charge in [0.05, 0.1) is 6.26 Å². The third-order valence-corrected chi connectivity index (χ3v) is 5.21. The number of carbonyl (C=O) groups is 1. The Bertz CT molecular complexity index is 932. The molecule has 0 unspecified atom stereocenters. The van der Waals surface area contributed by atoms with Crippen LogP contribution in [-0.4, -0.2) is 56.6 Å². The summed E-state index contributed by atoms with van der Waals surface area (Å²) in [5.74, 6) is -0.357. The fourth-order valence-electron chi connectivity index (χ4n) is 3.29. The van der Waals surface area contributed by atoms with E-state index >= 15 is 0 Å². The summed E-state index contributed by atoms with van der Waals surface area (Å²) in [6.07, 6.45) is 1.92. The van der Waals surface area contributed by atoms with Crippen molar-refractivity contribution in [3.63, 3.8) is 0 Å². The van der Waals surface area contributed by atoms with E-state index < -0.39 is 10.0 Å². The zero-order valence-corrected chi connectivity index (χ0v) is 16.6. The van der Waals surface area contributed by atoms with Crippen molar-refractivity contribution in [3.8, 4) is 0 Å². The predicted molar refractivity (Wildman–Crippen MR) is 107 cm³/mol. The molecule has 1 aliphatic rings. The van der Waals surface area contributed by atoms with Gasteiger partial charge in [0.2, 0.25) is 10.0 Å². The SMILES string of the molecule is CS(=O)(=O)Nc1cccc(C(=O)N2CCCN(Cc3ccc(F)cc3)CC2)c1. The number of amides is 1. The average Bonchev–Trinajstić information content (AvgIpc) is 2.87. The Morgan fingerprint density at radius 2 is 1.82 bits per heavy atom. The van der Waals surface area contributed by atoms with Gasteiger partial charge in [0.1, 0.15) is 5.82 Å². The van der Waals surface area contributed by atoms with Crippen molar-refractivity contribution in [3.05, 3.63) is 65.5 Å². The first-order valence-electron chi connectivity index (χ1n) is 9.14. The van der Waals surface area contributed by atoms with Gasteiger partial charge >= 0.3 is 0 Å². The summed E-state index contributed by atoms with van der Waals surface area (Å²) in [7, 11) is -3.40. The molecule has 2 aromatic rings. The van der Waals surface area contributed by atoms with E-state index in [1.54, 1.807) is 41.3 Å². The normalized spacial score (nSPS) is 15.9. The summed E-state index contributed by atoms with van der Waals surface area (Å²) >= 11 is 0. The summed E-state index contributed by atoms with van der Waals surface area (Å²) in [6, 6.07) is 13.0. The molecule has 1 heterocycles. The van der Waals surface area contributed by atoms with E-state index in [4.69, 9.17) is 0 Å². The number of carbonyl (C=O) groups excluding carboxylic acids is 1. The van der Waals surface area contributed by atoms with E-state index in [1.807, 2.05) is 0 Å². The molecule has 150 valence electrons. The second-order valence-corrected chi connectivity index (χ2v) is 8.75. The molecule has 0 aliphatic carbocycles. The molecule has 6 nitrogen and oxygen atoms in total. The minimum absolute atomic E-state index is 0.110. The first-order valence-corrected chi connectivity index (χ1v) is 11.0. The van der Waals surface area contributed by atoms with Crippen LogP contribution in [0, 0.1) is 5.82 Å². The van der Waals surface area contributed by atoms with Crippen molar-refractivity contribution < 1.29 is 17.6 Å². The lowest BCUT2D eigenvalue weighted by Crippen LogP contribution is -2.35. The van der Waals surface area contributed by atoms with Crippen molar-refractivity contribution in [1.82, 2.24) is 9.80 Å². The molecule has 1 saturated heterocycles. The Balaban J connectivity index is 1.62. The molecule has 1 aliphatic heterocycles. The highest BCUT2D eigenvalue weighted by atomic mass is 32.2. The molecular weight excluding hydrogens is 381 g/mol. The lowest BCUT2D eigenvalue weighted by molar-refractivity contribution is 0.0761. The van der Waals surface area contributed by atoms with Crippen LogP contribution in [0.1, 0.15) is 22.3 Å². The van der Waals surface area contributed by atoms with Crippen LogP contribution in [0.15, 0.2) is 48.5 Å². The standard InChI is InChI=1S/C20H24FN3O3S/c1-28(26,27)22-19-5-2-4-17(14-19)20(25)24-11-3-10-23(12-13-24)15-16-6-8-18(21)9-7-16/h2,4-9,14,22H,3,10-13,15H2,1H3. The van der Waals surface area contributed by atoms with Crippen LogP contribution in [0.5, 0.6) is 0 Å². The number of nitrogens with zero attached hydrogens (tertiary/aromatic N) is 2. The molecule has 0 saturated carbocycles. The third kappa shape index (κ3) is 5.77. The van der Waals surface area contributed by atoms with Crippen LogP contribution in [0.25, 0.3) is 0 Å². The quantitative estimate of drug-likeness (QED) is 0.830. The molecule has 0 atom stereocenters. The lowest BCUT2D eigenvalue weighted by Gasteiger charge is -2.22. The fourth-order valence-corrected chi connectivity index (χ4v) is 3.85. The maximum atomic E-state index is 13.1. The van der Waals surface area contributed by atoms with E-state index in [2.05, 4.69) is 9.62 Å². The van der Waals surface area contributed by atoms with Crippen LogP contribution >= 0.6 is 0 Å². The second-order valence-electron chi connectivity index (χ2n) is 7.00. The van der Waals surface area contributed by atoms with Crippen LogP contribution in [0.3, 0.4) is 0 Å². The first-order chi connectivity index (χ1) is 13.3. The van der Waals surface area contributed by atoms with E-state index in [1.165, 1.54) is 12.1 Å². The Morgan fingerprint density at radius 1 is 1.07 bits per heavy atom. The van der Waals surface area contributed by atoms with Crippen LogP contribution in [0.2, 0.25) is 0 Å². The number of hydrogen-bond acceptors (Lipinski definition) is 4. The van der Waals surface area contributed by atoms with Crippen molar-refractivity contribution in [2.75, 3.05) is 37.2 Å². The Labute approximate surface area is 165 Å². The molecule has 1 N–H and O–H groups in total. The molecule has 1 amide bonds. The second kappa shape index (κ2) is 8.70. The summed E-state index contributed by atoms with van der Waals surface area (Å²) in [5, 5.41) is 0. The topological polar surface area (TPSA) is 69.7 Å². The lowest BCUT2D eigenvalue weighted by atomic mass is 10.1. The van der Waals surface area contributed by atoms with Gasteiger partial charge in [0.25, 0.3) is 5.91 Å². The van der Waals surface area contributed by atoms with Crippen LogP contribution in [0.4, 0.5) is 10.1 Å². The van der Waals surface area contributed by atoms with Gasteiger partial charge in [-0.1, -0.05) is 18.2 Å². The zero-order chi connectivity index (χ0) is 20.1. The summed E-state index contributed by atoms with van der Waals surface area (Å²) < 4.78 is 38.3. The monoisotopic (exact) mass is 405 g/mol. The molecule has 8 heteroatoms. The van der Waals surface area contributed by atoms with E-state index in [9.17, 15) is 17.6 Å². The minimum Gasteiger partial charge on any atom is -0.337 e. The number of nitrogens with one attached hydrogen (secondary N) is 1. The van der Waals surface area contributed by atoms with Crippen molar-refractivity contribution >= 4 is 21.6 Å². The van der Waals surface area contributed by atoms with Crippen LogP contribution < -0.4 is 4.72 Å². The number of hydrogen-bond donors (Lipinski definition) is 1. The van der Waals surface area contributed by atoms with Gasteiger partial charge in [0.15, 0.2) is 0 Å². The predicted octanol–water partition coefficient (Wildman–Crippen LogP) is 2.55.